The first-order chi connectivity index (χ1) is 14.2. The summed E-state index contributed by atoms with van der Waals surface area (Å²) < 4.78 is 12.9. The third kappa shape index (κ3) is 5.79. The zero-order chi connectivity index (χ0) is 21.7. The summed E-state index contributed by atoms with van der Waals surface area (Å²) >= 11 is 5.30. The molecule has 7 heteroatoms. The maximum atomic E-state index is 11.2. The van der Waals surface area contributed by atoms with Gasteiger partial charge in [-0.2, -0.15) is 0 Å². The summed E-state index contributed by atoms with van der Waals surface area (Å²) in [4.78, 5) is 11.5. The fourth-order valence-electron chi connectivity index (χ4n) is 2.92. The summed E-state index contributed by atoms with van der Waals surface area (Å²) in [5, 5.41) is 13.6. The molecule has 0 saturated carbocycles. The van der Waals surface area contributed by atoms with E-state index >= 15 is 0 Å². The SMILES string of the molecule is Cc1ccc(Cn2nc(CCCc3ccc(OC(C)(C)C(=O)O)cc3)oc2=S)cc1. The molecule has 0 bridgehead atoms. The van der Waals surface area contributed by atoms with E-state index in [0.29, 0.717) is 29.4 Å². The molecular formula is C23H26N2O4S. The largest absolute Gasteiger partial charge is 0.478 e. The lowest BCUT2D eigenvalue weighted by atomic mass is 10.1. The first kappa shape index (κ1) is 21.8. The van der Waals surface area contributed by atoms with Gasteiger partial charge in [0, 0.05) is 6.42 Å². The van der Waals surface area contributed by atoms with Gasteiger partial charge in [0.1, 0.15) is 5.75 Å². The molecule has 30 heavy (non-hydrogen) atoms. The zero-order valence-electron chi connectivity index (χ0n) is 17.4. The Morgan fingerprint density at radius 3 is 2.37 bits per heavy atom. The average Bonchev–Trinajstić information content (AvgIpc) is 3.04. The quantitative estimate of drug-likeness (QED) is 0.486. The van der Waals surface area contributed by atoms with Gasteiger partial charge in [-0.1, -0.05) is 42.0 Å². The Hall–Kier alpha value is -2.93. The molecule has 0 aliphatic heterocycles. The fraction of sp³-hybridized carbons (Fsp3) is 0.348. The van der Waals surface area contributed by atoms with Gasteiger partial charge in [0.05, 0.1) is 6.54 Å². The molecule has 3 rings (SSSR count). The molecule has 0 aliphatic carbocycles. The molecule has 1 aromatic heterocycles. The van der Waals surface area contributed by atoms with Gasteiger partial charge in [0.15, 0.2) is 5.60 Å². The third-order valence-corrected chi connectivity index (χ3v) is 5.06. The molecule has 0 spiro atoms. The molecule has 0 saturated heterocycles. The van der Waals surface area contributed by atoms with Crippen LogP contribution in [0.15, 0.2) is 52.9 Å². The van der Waals surface area contributed by atoms with Crippen molar-refractivity contribution in [3.05, 3.63) is 75.9 Å². The number of ether oxygens (including phenoxy) is 1. The second-order valence-electron chi connectivity index (χ2n) is 7.82. The summed E-state index contributed by atoms with van der Waals surface area (Å²) in [7, 11) is 0. The Morgan fingerprint density at radius 1 is 1.10 bits per heavy atom. The average molecular weight is 427 g/mol. The van der Waals surface area contributed by atoms with Crippen LogP contribution in [0.25, 0.3) is 0 Å². The maximum absolute atomic E-state index is 11.2. The lowest BCUT2D eigenvalue weighted by Gasteiger charge is -2.21. The van der Waals surface area contributed by atoms with E-state index in [1.165, 1.54) is 19.4 Å². The number of hydrogen-bond donors (Lipinski definition) is 1. The van der Waals surface area contributed by atoms with Crippen LogP contribution >= 0.6 is 12.2 Å². The number of rotatable bonds is 9. The second kappa shape index (κ2) is 9.26. The minimum atomic E-state index is -1.26. The molecule has 2 aromatic carbocycles. The molecule has 3 aromatic rings. The first-order valence-corrected chi connectivity index (χ1v) is 10.3. The van der Waals surface area contributed by atoms with Crippen molar-refractivity contribution in [2.24, 2.45) is 0 Å². The van der Waals surface area contributed by atoms with E-state index in [1.807, 2.05) is 12.1 Å². The number of aryl methyl sites for hydroxylation is 3. The minimum Gasteiger partial charge on any atom is -0.478 e. The summed E-state index contributed by atoms with van der Waals surface area (Å²) in [6.07, 6.45) is 2.39. The Bertz CT molecular complexity index is 1050. The normalized spacial score (nSPS) is 11.4. The van der Waals surface area contributed by atoms with Gasteiger partial charge in [0.25, 0.3) is 4.84 Å². The lowest BCUT2D eigenvalue weighted by Crippen LogP contribution is -2.37. The van der Waals surface area contributed by atoms with Crippen molar-refractivity contribution in [2.45, 2.75) is 52.2 Å². The number of hydrogen-bond acceptors (Lipinski definition) is 5. The maximum Gasteiger partial charge on any atom is 0.347 e. The number of aromatic nitrogens is 2. The summed E-state index contributed by atoms with van der Waals surface area (Å²) in [6, 6.07) is 15.7. The van der Waals surface area contributed by atoms with Crippen molar-refractivity contribution in [2.75, 3.05) is 0 Å². The molecule has 0 amide bonds. The highest BCUT2D eigenvalue weighted by atomic mass is 32.1. The molecule has 1 N–H and O–H groups in total. The van der Waals surface area contributed by atoms with E-state index in [2.05, 4.69) is 36.3 Å². The predicted molar refractivity (Wildman–Crippen MR) is 116 cm³/mol. The molecule has 158 valence electrons. The second-order valence-corrected chi connectivity index (χ2v) is 8.17. The Morgan fingerprint density at radius 2 is 1.73 bits per heavy atom. The first-order valence-electron chi connectivity index (χ1n) is 9.87. The number of carboxylic acid groups (broad SMARTS) is 1. The van der Waals surface area contributed by atoms with Crippen LogP contribution in [0.2, 0.25) is 0 Å². The lowest BCUT2D eigenvalue weighted by molar-refractivity contribution is -0.152. The molecule has 6 nitrogen and oxygen atoms in total. The monoisotopic (exact) mass is 426 g/mol. The zero-order valence-corrected chi connectivity index (χ0v) is 18.2. The number of nitrogens with zero attached hydrogens (tertiary/aromatic N) is 2. The number of aliphatic carboxylic acids is 1. The smallest absolute Gasteiger partial charge is 0.347 e. The Balaban J connectivity index is 1.52. The highest BCUT2D eigenvalue weighted by molar-refractivity contribution is 7.71. The van der Waals surface area contributed by atoms with Gasteiger partial charge in [0.2, 0.25) is 5.89 Å². The molecular weight excluding hydrogens is 400 g/mol. The van der Waals surface area contributed by atoms with E-state index in [9.17, 15) is 4.79 Å². The Kier molecular flexibility index (Phi) is 6.72. The summed E-state index contributed by atoms with van der Waals surface area (Å²) in [5.41, 5.74) is 2.22. The van der Waals surface area contributed by atoms with Crippen molar-refractivity contribution in [3.8, 4) is 5.75 Å². The van der Waals surface area contributed by atoms with Gasteiger partial charge in [-0.05, 0) is 69.1 Å². The highest BCUT2D eigenvalue weighted by Gasteiger charge is 2.29. The van der Waals surface area contributed by atoms with E-state index < -0.39 is 11.6 Å². The van der Waals surface area contributed by atoms with Crippen molar-refractivity contribution in [1.82, 2.24) is 9.78 Å². The minimum absolute atomic E-state index is 0.383. The van der Waals surface area contributed by atoms with Crippen LogP contribution in [0.4, 0.5) is 0 Å². The number of benzene rings is 2. The Labute approximate surface area is 181 Å². The van der Waals surface area contributed by atoms with Crippen LogP contribution in [0.1, 0.15) is 42.8 Å². The molecule has 0 unspecified atom stereocenters. The molecule has 0 fully saturated rings. The van der Waals surface area contributed by atoms with Crippen molar-refractivity contribution in [1.29, 1.82) is 0 Å². The molecule has 0 radical (unpaired) electrons. The number of carboxylic acids is 1. The topological polar surface area (TPSA) is 77.5 Å². The van der Waals surface area contributed by atoms with Crippen LogP contribution in [0, 0.1) is 11.8 Å². The van der Waals surface area contributed by atoms with Gasteiger partial charge in [-0.15, -0.1) is 5.10 Å². The standard InChI is InChI=1S/C23H26N2O4S/c1-16-7-9-18(10-8-16)15-25-22(30)28-20(24-25)6-4-5-17-11-13-19(14-12-17)29-23(2,3)21(26)27/h7-14H,4-6,15H2,1-3H3,(H,26,27). The van der Waals surface area contributed by atoms with Crippen molar-refractivity contribution in [3.63, 3.8) is 0 Å². The van der Waals surface area contributed by atoms with Crippen LogP contribution in [0.5, 0.6) is 5.75 Å². The number of carbonyl (C=O) groups is 1. The van der Waals surface area contributed by atoms with E-state index in [0.717, 1.165) is 24.0 Å². The van der Waals surface area contributed by atoms with Crippen LogP contribution in [-0.2, 0) is 24.2 Å². The van der Waals surface area contributed by atoms with Gasteiger partial charge in [-0.3, -0.25) is 0 Å². The van der Waals surface area contributed by atoms with Crippen molar-refractivity contribution < 1.29 is 19.1 Å². The van der Waals surface area contributed by atoms with Crippen LogP contribution in [0.3, 0.4) is 0 Å². The van der Waals surface area contributed by atoms with E-state index in [-0.39, 0.29) is 0 Å². The third-order valence-electron chi connectivity index (χ3n) is 4.77. The highest BCUT2D eigenvalue weighted by Crippen LogP contribution is 2.20. The molecule has 1 heterocycles. The summed E-state index contributed by atoms with van der Waals surface area (Å²) in [5.74, 6) is 0.167. The summed E-state index contributed by atoms with van der Waals surface area (Å²) in [6.45, 7) is 5.70. The molecule has 0 aliphatic rings. The van der Waals surface area contributed by atoms with Gasteiger partial charge in [-0.25, -0.2) is 9.48 Å². The van der Waals surface area contributed by atoms with E-state index in [1.54, 1.807) is 16.8 Å². The van der Waals surface area contributed by atoms with Crippen LogP contribution in [-0.4, -0.2) is 26.5 Å². The van der Waals surface area contributed by atoms with Gasteiger partial charge >= 0.3 is 5.97 Å². The van der Waals surface area contributed by atoms with Gasteiger partial charge < -0.3 is 14.3 Å². The fourth-order valence-corrected chi connectivity index (χ4v) is 3.12. The molecule has 0 atom stereocenters. The van der Waals surface area contributed by atoms with Crippen LogP contribution < -0.4 is 4.74 Å². The van der Waals surface area contributed by atoms with Crippen molar-refractivity contribution >= 4 is 18.2 Å². The van der Waals surface area contributed by atoms with E-state index in [4.69, 9.17) is 26.5 Å². The predicted octanol–water partition coefficient (Wildman–Crippen LogP) is 4.98.